The SMILES string of the molecule is CCC(C#N)S(=O)c1cccc(N)c1. The molecule has 2 unspecified atom stereocenters. The predicted octanol–water partition coefficient (Wildman–Crippen LogP) is 1.68. The third-order valence-corrected chi connectivity index (χ3v) is 3.54. The van der Waals surface area contributed by atoms with Gasteiger partial charge in [-0.2, -0.15) is 5.26 Å². The van der Waals surface area contributed by atoms with E-state index in [1.807, 2.05) is 13.0 Å². The summed E-state index contributed by atoms with van der Waals surface area (Å²) in [6.07, 6.45) is 0.581. The van der Waals surface area contributed by atoms with Crippen LogP contribution in [-0.2, 0) is 10.8 Å². The Kier molecular flexibility index (Phi) is 3.66. The molecular formula is C10H12N2OS. The Labute approximate surface area is 86.0 Å². The summed E-state index contributed by atoms with van der Waals surface area (Å²) < 4.78 is 11.8. The molecule has 0 spiro atoms. The van der Waals surface area contributed by atoms with Crippen LogP contribution in [0.2, 0.25) is 0 Å². The molecule has 74 valence electrons. The minimum atomic E-state index is -1.27. The van der Waals surface area contributed by atoms with Gasteiger partial charge in [0.2, 0.25) is 0 Å². The minimum Gasteiger partial charge on any atom is -0.399 e. The molecule has 0 aliphatic carbocycles. The summed E-state index contributed by atoms with van der Waals surface area (Å²) >= 11 is 0. The Bertz CT molecular complexity index is 384. The molecule has 0 fully saturated rings. The molecule has 14 heavy (non-hydrogen) atoms. The molecule has 1 rings (SSSR count). The summed E-state index contributed by atoms with van der Waals surface area (Å²) in [4.78, 5) is 0.624. The van der Waals surface area contributed by atoms with Crippen LogP contribution in [0.4, 0.5) is 5.69 Å². The Morgan fingerprint density at radius 3 is 2.86 bits per heavy atom. The number of hydrogen-bond donors (Lipinski definition) is 1. The van der Waals surface area contributed by atoms with Crippen molar-refractivity contribution in [2.75, 3.05) is 5.73 Å². The maximum atomic E-state index is 11.8. The molecule has 3 nitrogen and oxygen atoms in total. The smallest absolute Gasteiger partial charge is 0.126 e. The summed E-state index contributed by atoms with van der Waals surface area (Å²) in [5.74, 6) is 0. The van der Waals surface area contributed by atoms with Crippen molar-refractivity contribution in [1.82, 2.24) is 0 Å². The topological polar surface area (TPSA) is 66.9 Å². The maximum absolute atomic E-state index is 11.8. The van der Waals surface area contributed by atoms with E-state index in [1.54, 1.807) is 24.3 Å². The van der Waals surface area contributed by atoms with Gasteiger partial charge in [-0.15, -0.1) is 0 Å². The number of rotatable bonds is 3. The fourth-order valence-corrected chi connectivity index (χ4v) is 2.29. The fraction of sp³-hybridized carbons (Fsp3) is 0.300. The molecule has 2 N–H and O–H groups in total. The number of anilines is 1. The van der Waals surface area contributed by atoms with Crippen molar-refractivity contribution in [2.45, 2.75) is 23.5 Å². The molecule has 0 aromatic heterocycles. The van der Waals surface area contributed by atoms with Crippen LogP contribution in [0.3, 0.4) is 0 Å². The summed E-state index contributed by atoms with van der Waals surface area (Å²) in [6, 6.07) is 8.88. The van der Waals surface area contributed by atoms with E-state index in [-0.39, 0.29) is 0 Å². The lowest BCUT2D eigenvalue weighted by Crippen LogP contribution is -2.11. The standard InChI is InChI=1S/C10H12N2OS/c1-2-9(7-11)14(13)10-5-3-4-8(12)6-10/h3-6,9H,2,12H2,1H3. The van der Waals surface area contributed by atoms with E-state index in [1.165, 1.54) is 0 Å². The van der Waals surface area contributed by atoms with E-state index >= 15 is 0 Å². The van der Waals surface area contributed by atoms with Gasteiger partial charge in [-0.3, -0.25) is 4.21 Å². The summed E-state index contributed by atoms with van der Waals surface area (Å²) in [7, 11) is -1.27. The number of nitrogen functional groups attached to an aromatic ring is 1. The van der Waals surface area contributed by atoms with Crippen LogP contribution in [0.15, 0.2) is 29.2 Å². The normalized spacial score (nSPS) is 14.3. The van der Waals surface area contributed by atoms with Gasteiger partial charge in [-0.1, -0.05) is 13.0 Å². The molecular weight excluding hydrogens is 196 g/mol. The molecule has 0 radical (unpaired) electrons. The molecule has 0 aliphatic rings. The lowest BCUT2D eigenvalue weighted by Gasteiger charge is -2.06. The van der Waals surface area contributed by atoms with Crippen LogP contribution in [0.25, 0.3) is 0 Å². The molecule has 0 saturated carbocycles. The number of nitrogens with zero attached hydrogens (tertiary/aromatic N) is 1. The van der Waals surface area contributed by atoms with Crippen molar-refractivity contribution in [3.8, 4) is 6.07 Å². The van der Waals surface area contributed by atoms with E-state index in [4.69, 9.17) is 11.0 Å². The third-order valence-electron chi connectivity index (χ3n) is 1.86. The Hall–Kier alpha value is -1.34. The second-order valence-corrected chi connectivity index (χ2v) is 4.53. The highest BCUT2D eigenvalue weighted by Gasteiger charge is 2.15. The Balaban J connectivity index is 2.95. The average Bonchev–Trinajstić information content (AvgIpc) is 2.19. The van der Waals surface area contributed by atoms with Gasteiger partial charge < -0.3 is 5.73 Å². The second-order valence-electron chi connectivity index (χ2n) is 2.90. The monoisotopic (exact) mass is 208 g/mol. The highest BCUT2D eigenvalue weighted by atomic mass is 32.2. The highest BCUT2D eigenvalue weighted by molar-refractivity contribution is 7.86. The first-order chi connectivity index (χ1) is 6.69. The average molecular weight is 208 g/mol. The Morgan fingerprint density at radius 1 is 1.64 bits per heavy atom. The number of nitriles is 1. The van der Waals surface area contributed by atoms with Gasteiger partial charge in [-0.05, 0) is 24.6 Å². The van der Waals surface area contributed by atoms with Gasteiger partial charge in [0.15, 0.2) is 0 Å². The number of nitrogens with two attached hydrogens (primary N) is 1. The fourth-order valence-electron chi connectivity index (χ4n) is 1.09. The lowest BCUT2D eigenvalue weighted by atomic mass is 10.3. The van der Waals surface area contributed by atoms with E-state index < -0.39 is 16.0 Å². The molecule has 0 aliphatic heterocycles. The van der Waals surface area contributed by atoms with Crippen molar-refractivity contribution in [2.24, 2.45) is 0 Å². The van der Waals surface area contributed by atoms with Gasteiger partial charge in [-0.25, -0.2) is 0 Å². The first kappa shape index (κ1) is 10.7. The van der Waals surface area contributed by atoms with Crippen LogP contribution >= 0.6 is 0 Å². The quantitative estimate of drug-likeness (QED) is 0.768. The first-order valence-corrected chi connectivity index (χ1v) is 5.56. The summed E-state index contributed by atoms with van der Waals surface area (Å²) in [6.45, 7) is 1.85. The van der Waals surface area contributed by atoms with Crippen LogP contribution in [0.1, 0.15) is 13.3 Å². The third kappa shape index (κ3) is 2.33. The van der Waals surface area contributed by atoms with Gasteiger partial charge >= 0.3 is 0 Å². The van der Waals surface area contributed by atoms with Crippen molar-refractivity contribution in [3.05, 3.63) is 24.3 Å². The zero-order valence-corrected chi connectivity index (χ0v) is 8.75. The number of benzene rings is 1. The molecule has 0 bridgehead atoms. The van der Waals surface area contributed by atoms with Crippen molar-refractivity contribution >= 4 is 16.5 Å². The van der Waals surface area contributed by atoms with Gasteiger partial charge in [0.25, 0.3) is 0 Å². The van der Waals surface area contributed by atoms with Crippen LogP contribution in [0.5, 0.6) is 0 Å². The molecule has 1 aromatic carbocycles. The van der Waals surface area contributed by atoms with Gasteiger partial charge in [0.05, 0.1) is 16.9 Å². The predicted molar refractivity (Wildman–Crippen MR) is 57.0 cm³/mol. The van der Waals surface area contributed by atoms with Crippen LogP contribution in [0, 0.1) is 11.3 Å². The molecule has 1 aromatic rings. The van der Waals surface area contributed by atoms with E-state index in [2.05, 4.69) is 0 Å². The lowest BCUT2D eigenvalue weighted by molar-refractivity contribution is 0.676. The van der Waals surface area contributed by atoms with Gasteiger partial charge in [0.1, 0.15) is 5.25 Å². The summed E-state index contributed by atoms with van der Waals surface area (Å²) in [5.41, 5.74) is 6.13. The molecule has 2 atom stereocenters. The molecule has 0 saturated heterocycles. The van der Waals surface area contributed by atoms with Crippen LogP contribution in [-0.4, -0.2) is 9.46 Å². The second kappa shape index (κ2) is 4.77. The highest BCUT2D eigenvalue weighted by Crippen LogP contribution is 2.15. The maximum Gasteiger partial charge on any atom is 0.126 e. The van der Waals surface area contributed by atoms with Crippen LogP contribution < -0.4 is 5.73 Å². The zero-order valence-electron chi connectivity index (χ0n) is 7.93. The molecule has 0 heterocycles. The first-order valence-electron chi connectivity index (χ1n) is 4.34. The number of hydrogen-bond acceptors (Lipinski definition) is 3. The molecule has 4 heteroatoms. The van der Waals surface area contributed by atoms with Crippen molar-refractivity contribution in [1.29, 1.82) is 5.26 Å². The van der Waals surface area contributed by atoms with Crippen molar-refractivity contribution < 1.29 is 4.21 Å². The van der Waals surface area contributed by atoms with Gasteiger partial charge in [0, 0.05) is 10.6 Å². The van der Waals surface area contributed by atoms with E-state index in [0.29, 0.717) is 17.0 Å². The minimum absolute atomic E-state index is 0.447. The van der Waals surface area contributed by atoms with E-state index in [9.17, 15) is 4.21 Å². The summed E-state index contributed by atoms with van der Waals surface area (Å²) in [5, 5.41) is 8.31. The van der Waals surface area contributed by atoms with Crippen molar-refractivity contribution in [3.63, 3.8) is 0 Å². The zero-order chi connectivity index (χ0) is 10.6. The van der Waals surface area contributed by atoms with E-state index in [0.717, 1.165) is 0 Å². The molecule has 0 amide bonds. The Morgan fingerprint density at radius 2 is 2.36 bits per heavy atom. The largest absolute Gasteiger partial charge is 0.399 e.